The molecule has 0 unspecified atom stereocenters. The molecule has 1 fully saturated rings. The van der Waals surface area contributed by atoms with Gasteiger partial charge in [-0.1, -0.05) is 17.6 Å². The molecule has 2 heterocycles. The van der Waals surface area contributed by atoms with Crippen LogP contribution in [0, 0.1) is 0 Å². The summed E-state index contributed by atoms with van der Waals surface area (Å²) >= 11 is 0. The topological polar surface area (TPSA) is 58.8 Å². The number of nitrogens with zero attached hydrogens (tertiary/aromatic N) is 3. The van der Waals surface area contributed by atoms with E-state index in [0.29, 0.717) is 18.8 Å². The molecule has 0 N–H and O–H groups in total. The summed E-state index contributed by atoms with van der Waals surface area (Å²) in [5, 5.41) is 4.12. The molecule has 1 aliphatic heterocycles. The van der Waals surface area contributed by atoms with Gasteiger partial charge in [-0.15, -0.1) is 0 Å². The molecule has 0 radical (unpaired) electrons. The van der Waals surface area contributed by atoms with Gasteiger partial charge in [0.05, 0.1) is 7.11 Å². The molecular formula is C20H25N3O3. The van der Waals surface area contributed by atoms with E-state index in [4.69, 9.17) is 9.26 Å². The third-order valence-electron chi connectivity index (χ3n) is 5.39. The number of methoxy groups -OCH3 is 1. The van der Waals surface area contributed by atoms with Gasteiger partial charge in [-0.3, -0.25) is 4.79 Å². The van der Waals surface area contributed by atoms with Crippen molar-refractivity contribution >= 4 is 11.6 Å². The number of hydrogen-bond acceptors (Lipinski definition) is 5. The Labute approximate surface area is 153 Å². The summed E-state index contributed by atoms with van der Waals surface area (Å²) in [4.78, 5) is 17.1. The van der Waals surface area contributed by atoms with Crippen molar-refractivity contribution in [2.75, 3.05) is 38.2 Å². The van der Waals surface area contributed by atoms with Crippen LogP contribution >= 0.6 is 0 Å². The van der Waals surface area contributed by atoms with E-state index in [1.165, 1.54) is 6.42 Å². The zero-order valence-electron chi connectivity index (χ0n) is 15.2. The van der Waals surface area contributed by atoms with Crippen molar-refractivity contribution in [1.29, 1.82) is 0 Å². The Morgan fingerprint density at radius 2 is 1.92 bits per heavy atom. The predicted octanol–water partition coefficient (Wildman–Crippen LogP) is 2.91. The Hall–Kier alpha value is -2.50. The van der Waals surface area contributed by atoms with Crippen LogP contribution < -0.4 is 9.64 Å². The highest BCUT2D eigenvalue weighted by Gasteiger charge is 2.29. The van der Waals surface area contributed by atoms with Gasteiger partial charge < -0.3 is 19.1 Å². The van der Waals surface area contributed by atoms with Crippen LogP contribution in [-0.2, 0) is 12.8 Å². The Morgan fingerprint density at radius 3 is 2.73 bits per heavy atom. The summed E-state index contributed by atoms with van der Waals surface area (Å²) in [6, 6.07) is 8.06. The first-order chi connectivity index (χ1) is 12.8. The first-order valence-electron chi connectivity index (χ1n) is 9.42. The minimum absolute atomic E-state index is 0.0159. The van der Waals surface area contributed by atoms with Crippen LogP contribution in [0.25, 0.3) is 0 Å². The summed E-state index contributed by atoms with van der Waals surface area (Å²) in [7, 11) is 1.68. The predicted molar refractivity (Wildman–Crippen MR) is 98.9 cm³/mol. The highest BCUT2D eigenvalue weighted by atomic mass is 16.5. The standard InChI is InChI=1S/C20H25N3O3/c1-25-16-7-5-6-15(14-16)22-10-12-23(13-11-22)20(24)19-17-8-3-2-4-9-18(17)26-21-19/h5-7,14H,2-4,8-13H2,1H3. The van der Waals surface area contributed by atoms with Crippen molar-refractivity contribution in [2.45, 2.75) is 32.1 Å². The second-order valence-corrected chi connectivity index (χ2v) is 6.97. The van der Waals surface area contributed by atoms with E-state index >= 15 is 0 Å². The van der Waals surface area contributed by atoms with Crippen molar-refractivity contribution in [3.8, 4) is 5.75 Å². The quantitative estimate of drug-likeness (QED) is 0.793. The van der Waals surface area contributed by atoms with Crippen molar-refractivity contribution < 1.29 is 14.1 Å². The summed E-state index contributed by atoms with van der Waals surface area (Å²) in [5.41, 5.74) is 2.71. The van der Waals surface area contributed by atoms with Crippen LogP contribution in [0.5, 0.6) is 5.75 Å². The third-order valence-corrected chi connectivity index (χ3v) is 5.39. The maximum Gasteiger partial charge on any atom is 0.276 e. The number of amides is 1. The van der Waals surface area contributed by atoms with Gasteiger partial charge in [0.15, 0.2) is 5.69 Å². The summed E-state index contributed by atoms with van der Waals surface area (Å²) < 4.78 is 10.8. The average molecular weight is 355 g/mol. The zero-order chi connectivity index (χ0) is 17.9. The summed E-state index contributed by atoms with van der Waals surface area (Å²) in [5.74, 6) is 1.79. The number of carbonyl (C=O) groups is 1. The van der Waals surface area contributed by atoms with E-state index in [9.17, 15) is 4.79 Å². The van der Waals surface area contributed by atoms with Crippen LogP contribution in [0.4, 0.5) is 5.69 Å². The van der Waals surface area contributed by atoms with E-state index in [0.717, 1.165) is 61.5 Å². The molecule has 2 aliphatic rings. The van der Waals surface area contributed by atoms with Crippen LogP contribution in [0.1, 0.15) is 41.1 Å². The van der Waals surface area contributed by atoms with E-state index in [-0.39, 0.29) is 5.91 Å². The van der Waals surface area contributed by atoms with E-state index in [1.807, 2.05) is 23.1 Å². The molecule has 1 aromatic heterocycles. The van der Waals surface area contributed by atoms with Crippen molar-refractivity contribution in [3.63, 3.8) is 0 Å². The fourth-order valence-corrected chi connectivity index (χ4v) is 3.85. The molecule has 6 nitrogen and oxygen atoms in total. The van der Waals surface area contributed by atoms with Crippen LogP contribution in [-0.4, -0.2) is 49.3 Å². The van der Waals surface area contributed by atoms with Gasteiger partial charge in [0.25, 0.3) is 5.91 Å². The molecule has 0 saturated carbocycles. The van der Waals surface area contributed by atoms with Crippen LogP contribution in [0.15, 0.2) is 28.8 Å². The molecule has 1 amide bonds. The van der Waals surface area contributed by atoms with Gasteiger partial charge in [-0.05, 0) is 31.4 Å². The van der Waals surface area contributed by atoms with Gasteiger partial charge in [0.2, 0.25) is 0 Å². The lowest BCUT2D eigenvalue weighted by Crippen LogP contribution is -2.49. The van der Waals surface area contributed by atoms with Crippen molar-refractivity contribution in [1.82, 2.24) is 10.1 Å². The number of rotatable bonds is 3. The molecular weight excluding hydrogens is 330 g/mol. The molecule has 0 spiro atoms. The first-order valence-corrected chi connectivity index (χ1v) is 9.42. The largest absolute Gasteiger partial charge is 0.497 e. The molecule has 1 aliphatic carbocycles. The fourth-order valence-electron chi connectivity index (χ4n) is 3.85. The lowest BCUT2D eigenvalue weighted by atomic mass is 10.1. The summed E-state index contributed by atoms with van der Waals surface area (Å²) in [6.45, 7) is 2.99. The normalized spacial score (nSPS) is 17.6. The number of aromatic nitrogens is 1. The Kier molecular flexibility index (Phi) is 4.82. The van der Waals surface area contributed by atoms with E-state index in [1.54, 1.807) is 7.11 Å². The highest BCUT2D eigenvalue weighted by Crippen LogP contribution is 2.26. The van der Waals surface area contributed by atoms with Gasteiger partial charge in [-0.25, -0.2) is 0 Å². The number of benzene rings is 1. The second-order valence-electron chi connectivity index (χ2n) is 6.97. The number of ether oxygens (including phenoxy) is 1. The second kappa shape index (κ2) is 7.40. The SMILES string of the molecule is COc1cccc(N2CCN(C(=O)c3noc4c3CCCCC4)CC2)c1. The van der Waals surface area contributed by atoms with Crippen LogP contribution in [0.3, 0.4) is 0 Å². The van der Waals surface area contributed by atoms with E-state index < -0.39 is 0 Å². The van der Waals surface area contributed by atoms with Crippen LogP contribution in [0.2, 0.25) is 0 Å². The molecule has 0 atom stereocenters. The molecule has 2 aromatic rings. The lowest BCUT2D eigenvalue weighted by Gasteiger charge is -2.36. The van der Waals surface area contributed by atoms with Gasteiger partial charge in [0.1, 0.15) is 11.5 Å². The van der Waals surface area contributed by atoms with Gasteiger partial charge in [-0.2, -0.15) is 0 Å². The summed E-state index contributed by atoms with van der Waals surface area (Å²) in [6.07, 6.45) is 5.23. The lowest BCUT2D eigenvalue weighted by molar-refractivity contribution is 0.0735. The fraction of sp³-hybridized carbons (Fsp3) is 0.500. The Balaban J connectivity index is 1.43. The number of anilines is 1. The molecule has 138 valence electrons. The number of fused-ring (bicyclic) bond motifs is 1. The van der Waals surface area contributed by atoms with Gasteiger partial charge in [0, 0.05) is 49.9 Å². The number of aryl methyl sites for hydroxylation is 1. The van der Waals surface area contributed by atoms with Gasteiger partial charge >= 0.3 is 0 Å². The minimum Gasteiger partial charge on any atom is -0.497 e. The number of piperazine rings is 1. The highest BCUT2D eigenvalue weighted by molar-refractivity contribution is 5.94. The Morgan fingerprint density at radius 1 is 1.12 bits per heavy atom. The zero-order valence-corrected chi connectivity index (χ0v) is 15.2. The maximum atomic E-state index is 13.0. The number of hydrogen-bond donors (Lipinski definition) is 0. The molecule has 6 heteroatoms. The molecule has 1 saturated heterocycles. The third kappa shape index (κ3) is 3.28. The van der Waals surface area contributed by atoms with Crippen molar-refractivity contribution in [2.24, 2.45) is 0 Å². The first kappa shape index (κ1) is 16.9. The molecule has 0 bridgehead atoms. The van der Waals surface area contributed by atoms with E-state index in [2.05, 4.69) is 16.1 Å². The molecule has 1 aromatic carbocycles. The van der Waals surface area contributed by atoms with Crippen molar-refractivity contribution in [3.05, 3.63) is 41.3 Å². The minimum atomic E-state index is 0.0159. The number of carbonyl (C=O) groups excluding carboxylic acids is 1. The Bertz CT molecular complexity index is 778. The average Bonchev–Trinajstić information content (AvgIpc) is 2.95. The smallest absolute Gasteiger partial charge is 0.276 e. The monoisotopic (exact) mass is 355 g/mol. The maximum absolute atomic E-state index is 13.0. The molecule has 26 heavy (non-hydrogen) atoms. The molecule has 4 rings (SSSR count).